The number of rotatable bonds is 8. The van der Waals surface area contributed by atoms with Gasteiger partial charge in [0.15, 0.2) is 0 Å². The van der Waals surface area contributed by atoms with Crippen molar-refractivity contribution in [2.45, 2.75) is 24.9 Å². The molecule has 0 radical (unpaired) electrons. The summed E-state index contributed by atoms with van der Waals surface area (Å²) >= 11 is 0. The van der Waals surface area contributed by atoms with Crippen LogP contribution in [0.5, 0.6) is 0 Å². The highest BCUT2D eigenvalue weighted by Gasteiger charge is 2.36. The van der Waals surface area contributed by atoms with Gasteiger partial charge in [-0.2, -0.15) is 0 Å². The van der Waals surface area contributed by atoms with Crippen molar-refractivity contribution in [1.29, 1.82) is 0 Å². The minimum absolute atomic E-state index is 0.0373. The summed E-state index contributed by atoms with van der Waals surface area (Å²) in [6.07, 6.45) is 2.99. The number of imide groups is 1. The van der Waals surface area contributed by atoms with Crippen LogP contribution in [0.2, 0.25) is 0 Å². The van der Waals surface area contributed by atoms with E-state index in [0.29, 0.717) is 16.2 Å². The van der Waals surface area contributed by atoms with Crippen LogP contribution in [0.3, 0.4) is 0 Å². The molecular weight excluding hydrogens is 338 g/mol. The zero-order chi connectivity index (χ0) is 19.1. The molecule has 9 nitrogen and oxygen atoms in total. The van der Waals surface area contributed by atoms with Gasteiger partial charge in [-0.25, -0.2) is 9.78 Å². The number of hydrogen-bond donors (Lipinski definition) is 4. The molecule has 0 bridgehead atoms. The Balaban J connectivity index is 2.26. The number of H-pyrrole nitrogens is 1. The van der Waals surface area contributed by atoms with Crippen LogP contribution in [0.15, 0.2) is 42.9 Å². The van der Waals surface area contributed by atoms with E-state index in [1.54, 1.807) is 30.3 Å². The first-order chi connectivity index (χ1) is 12.4. The lowest BCUT2D eigenvalue weighted by Gasteiger charge is -2.29. The van der Waals surface area contributed by atoms with Crippen molar-refractivity contribution in [3.8, 4) is 0 Å². The van der Waals surface area contributed by atoms with E-state index < -0.39 is 36.4 Å². The minimum atomic E-state index is -1.39. The highest BCUT2D eigenvalue weighted by Crippen LogP contribution is 2.13. The van der Waals surface area contributed by atoms with Gasteiger partial charge in [-0.1, -0.05) is 30.3 Å². The van der Waals surface area contributed by atoms with E-state index in [2.05, 4.69) is 9.97 Å². The number of nitrogens with two attached hydrogens (primary N) is 2. The lowest BCUT2D eigenvalue weighted by Crippen LogP contribution is -2.57. The fraction of sp³-hybridized carbons (Fsp3) is 0.294. The quantitative estimate of drug-likeness (QED) is 0.485. The van der Waals surface area contributed by atoms with Crippen molar-refractivity contribution in [3.05, 3.63) is 54.1 Å². The molecule has 2 rings (SSSR count). The fourth-order valence-electron chi connectivity index (χ4n) is 2.57. The van der Waals surface area contributed by atoms with Crippen molar-refractivity contribution in [3.63, 3.8) is 0 Å². The lowest BCUT2D eigenvalue weighted by molar-refractivity contribution is -0.158. The predicted molar refractivity (Wildman–Crippen MR) is 92.7 cm³/mol. The third-order valence-corrected chi connectivity index (χ3v) is 3.86. The molecule has 0 fully saturated rings. The maximum Gasteiger partial charge on any atom is 0.327 e. The van der Waals surface area contributed by atoms with Gasteiger partial charge in [0.1, 0.15) is 6.04 Å². The SMILES string of the molecule is NCC(=O)N(C(=O)C(N)Cc1cnc[nH]1)C(Cc1ccccc1)C(=O)O. The van der Waals surface area contributed by atoms with E-state index in [1.807, 2.05) is 0 Å². The Morgan fingerprint density at radius 3 is 2.42 bits per heavy atom. The van der Waals surface area contributed by atoms with Crippen LogP contribution in [-0.4, -0.2) is 56.4 Å². The molecule has 2 aromatic rings. The molecule has 0 aliphatic heterocycles. The second kappa shape index (κ2) is 8.88. The molecule has 26 heavy (non-hydrogen) atoms. The highest BCUT2D eigenvalue weighted by molar-refractivity contribution is 6.02. The lowest BCUT2D eigenvalue weighted by atomic mass is 10.0. The molecule has 2 amide bonds. The van der Waals surface area contributed by atoms with E-state index in [-0.39, 0.29) is 12.8 Å². The smallest absolute Gasteiger partial charge is 0.327 e. The number of nitrogens with zero attached hydrogens (tertiary/aromatic N) is 2. The van der Waals surface area contributed by atoms with Gasteiger partial charge in [-0.15, -0.1) is 0 Å². The number of benzene rings is 1. The third kappa shape index (κ3) is 4.74. The number of hydrogen-bond acceptors (Lipinski definition) is 6. The maximum absolute atomic E-state index is 12.7. The average Bonchev–Trinajstić information content (AvgIpc) is 3.14. The number of imidazole rings is 1. The number of aromatic nitrogens is 2. The molecule has 0 saturated heterocycles. The summed E-state index contributed by atoms with van der Waals surface area (Å²) < 4.78 is 0. The van der Waals surface area contributed by atoms with Gasteiger partial charge < -0.3 is 21.6 Å². The van der Waals surface area contributed by atoms with Crippen LogP contribution < -0.4 is 11.5 Å². The van der Waals surface area contributed by atoms with E-state index in [0.717, 1.165) is 0 Å². The van der Waals surface area contributed by atoms with Gasteiger partial charge in [0.25, 0.3) is 0 Å². The summed E-state index contributed by atoms with van der Waals surface area (Å²) in [5.41, 5.74) is 12.6. The van der Waals surface area contributed by atoms with Crippen LogP contribution in [0.4, 0.5) is 0 Å². The second-order valence-electron chi connectivity index (χ2n) is 5.74. The molecule has 0 saturated carbocycles. The normalized spacial score (nSPS) is 13.0. The molecule has 1 aromatic carbocycles. The molecule has 1 heterocycles. The Morgan fingerprint density at radius 1 is 1.19 bits per heavy atom. The van der Waals surface area contributed by atoms with Gasteiger partial charge in [0, 0.05) is 24.7 Å². The number of carboxylic acid groups (broad SMARTS) is 1. The van der Waals surface area contributed by atoms with Gasteiger partial charge in [-0.05, 0) is 5.56 Å². The summed E-state index contributed by atoms with van der Waals surface area (Å²) in [4.78, 5) is 44.0. The Kier molecular flexibility index (Phi) is 6.59. The fourth-order valence-corrected chi connectivity index (χ4v) is 2.57. The van der Waals surface area contributed by atoms with Crippen molar-refractivity contribution < 1.29 is 19.5 Å². The molecule has 6 N–H and O–H groups in total. The number of carbonyl (C=O) groups is 3. The van der Waals surface area contributed by atoms with Gasteiger partial charge in [0.05, 0.1) is 18.9 Å². The topological polar surface area (TPSA) is 155 Å². The van der Waals surface area contributed by atoms with Crippen molar-refractivity contribution in [2.24, 2.45) is 11.5 Å². The largest absolute Gasteiger partial charge is 0.480 e. The van der Waals surface area contributed by atoms with Gasteiger partial charge >= 0.3 is 5.97 Å². The Hall–Kier alpha value is -3.04. The first-order valence-corrected chi connectivity index (χ1v) is 7.99. The number of amides is 2. The van der Waals surface area contributed by atoms with E-state index in [1.165, 1.54) is 12.5 Å². The number of carboxylic acids is 1. The van der Waals surface area contributed by atoms with Crippen molar-refractivity contribution in [2.75, 3.05) is 6.54 Å². The Morgan fingerprint density at radius 2 is 1.88 bits per heavy atom. The standard InChI is InChI=1S/C17H21N5O4/c18-8-15(23)22(16(24)13(19)7-12-9-20-10-21-12)14(17(25)26)6-11-4-2-1-3-5-11/h1-5,9-10,13-14H,6-8,18-19H2,(H,20,21)(H,25,26). The second-order valence-corrected chi connectivity index (χ2v) is 5.74. The molecular formula is C17H21N5O4. The number of aliphatic carboxylic acids is 1. The first-order valence-electron chi connectivity index (χ1n) is 7.99. The van der Waals surface area contributed by atoms with Gasteiger partial charge in [-0.3, -0.25) is 14.5 Å². The Labute approximate surface area is 150 Å². The van der Waals surface area contributed by atoms with E-state index in [9.17, 15) is 19.5 Å². The van der Waals surface area contributed by atoms with Crippen molar-refractivity contribution >= 4 is 17.8 Å². The number of aromatic amines is 1. The zero-order valence-electron chi connectivity index (χ0n) is 14.0. The summed E-state index contributed by atoms with van der Waals surface area (Å²) in [6, 6.07) is 6.21. The monoisotopic (exact) mass is 359 g/mol. The van der Waals surface area contributed by atoms with Crippen molar-refractivity contribution in [1.82, 2.24) is 14.9 Å². The zero-order valence-corrected chi connectivity index (χ0v) is 14.0. The summed E-state index contributed by atoms with van der Waals surface area (Å²) in [5.74, 6) is -2.89. The number of nitrogens with one attached hydrogen (secondary N) is 1. The molecule has 0 aliphatic rings. The summed E-state index contributed by atoms with van der Waals surface area (Å²) in [6.45, 7) is -0.499. The van der Waals surface area contributed by atoms with Crippen LogP contribution in [-0.2, 0) is 27.2 Å². The Bertz CT molecular complexity index is 748. The average molecular weight is 359 g/mol. The first kappa shape index (κ1) is 19.3. The summed E-state index contributed by atoms with van der Waals surface area (Å²) in [5, 5.41) is 9.59. The highest BCUT2D eigenvalue weighted by atomic mass is 16.4. The third-order valence-electron chi connectivity index (χ3n) is 3.86. The number of carbonyl (C=O) groups excluding carboxylic acids is 2. The maximum atomic E-state index is 12.7. The molecule has 2 atom stereocenters. The summed E-state index contributed by atoms with van der Waals surface area (Å²) in [7, 11) is 0. The van der Waals surface area contributed by atoms with Crippen LogP contribution in [0, 0.1) is 0 Å². The predicted octanol–water partition coefficient (Wildman–Crippen LogP) is -0.711. The van der Waals surface area contributed by atoms with Crippen LogP contribution >= 0.6 is 0 Å². The van der Waals surface area contributed by atoms with E-state index in [4.69, 9.17) is 11.5 Å². The van der Waals surface area contributed by atoms with E-state index >= 15 is 0 Å². The minimum Gasteiger partial charge on any atom is -0.480 e. The molecule has 9 heteroatoms. The molecule has 0 aliphatic carbocycles. The van der Waals surface area contributed by atoms with Crippen LogP contribution in [0.1, 0.15) is 11.3 Å². The molecule has 0 spiro atoms. The van der Waals surface area contributed by atoms with Gasteiger partial charge in [0.2, 0.25) is 11.8 Å². The molecule has 1 aromatic heterocycles. The molecule has 138 valence electrons. The van der Waals surface area contributed by atoms with Crippen LogP contribution in [0.25, 0.3) is 0 Å². The molecule has 2 unspecified atom stereocenters.